The predicted octanol–water partition coefficient (Wildman–Crippen LogP) is 2.97. The van der Waals surface area contributed by atoms with Crippen LogP contribution in [0.25, 0.3) is 4.96 Å². The van der Waals surface area contributed by atoms with Crippen molar-refractivity contribution >= 4 is 28.1 Å². The molecular weight excluding hydrogens is 372 g/mol. The fourth-order valence-corrected chi connectivity index (χ4v) is 6.49. The Bertz CT molecular complexity index is 861. The van der Waals surface area contributed by atoms with Crippen LogP contribution in [0.15, 0.2) is 17.8 Å². The number of nitrogens with zero attached hydrogens (tertiary/aromatic N) is 4. The molecule has 150 valence electrons. The first-order chi connectivity index (χ1) is 13.6. The third-order valence-electron chi connectivity index (χ3n) is 6.91. The van der Waals surface area contributed by atoms with Gasteiger partial charge in [-0.25, -0.2) is 4.98 Å². The van der Waals surface area contributed by atoms with E-state index < -0.39 is 0 Å². The minimum absolute atomic E-state index is 0.186. The van der Waals surface area contributed by atoms with Crippen LogP contribution in [0, 0.1) is 11.8 Å². The van der Waals surface area contributed by atoms with Crippen LogP contribution in [0.3, 0.4) is 0 Å². The van der Waals surface area contributed by atoms with Crippen LogP contribution in [0.5, 0.6) is 0 Å². The zero-order chi connectivity index (χ0) is 19.3. The van der Waals surface area contributed by atoms with Gasteiger partial charge in [0.2, 0.25) is 11.8 Å². The monoisotopic (exact) mass is 400 g/mol. The first-order valence-corrected chi connectivity index (χ1v) is 11.5. The van der Waals surface area contributed by atoms with Gasteiger partial charge in [-0.3, -0.25) is 14.0 Å². The number of rotatable bonds is 4. The van der Waals surface area contributed by atoms with Crippen molar-refractivity contribution in [2.75, 3.05) is 13.1 Å². The van der Waals surface area contributed by atoms with Gasteiger partial charge in [0.25, 0.3) is 0 Å². The molecule has 3 saturated heterocycles. The molecule has 5 heterocycles. The molecule has 0 unspecified atom stereocenters. The van der Waals surface area contributed by atoms with Crippen molar-refractivity contribution in [3.63, 3.8) is 0 Å². The van der Waals surface area contributed by atoms with Gasteiger partial charge in [0, 0.05) is 49.4 Å². The van der Waals surface area contributed by atoms with E-state index in [1.165, 1.54) is 6.42 Å². The van der Waals surface area contributed by atoms with Gasteiger partial charge in [-0.2, -0.15) is 0 Å². The molecule has 6 nitrogen and oxygen atoms in total. The molecule has 3 aliphatic heterocycles. The van der Waals surface area contributed by atoms with E-state index >= 15 is 0 Å². The molecule has 2 bridgehead atoms. The maximum atomic E-state index is 13.1. The molecule has 0 spiro atoms. The van der Waals surface area contributed by atoms with Crippen molar-refractivity contribution < 1.29 is 9.59 Å². The fraction of sp³-hybridized carbons (Fsp3) is 0.667. The van der Waals surface area contributed by atoms with E-state index in [1.807, 2.05) is 22.2 Å². The quantitative estimate of drug-likeness (QED) is 0.793. The molecule has 2 amide bonds. The first-order valence-electron chi connectivity index (χ1n) is 10.6. The van der Waals surface area contributed by atoms with Crippen LogP contribution in [0.4, 0.5) is 0 Å². The lowest BCUT2D eigenvalue weighted by Gasteiger charge is -2.56. The summed E-state index contributed by atoms with van der Waals surface area (Å²) in [5.41, 5.74) is 0.854. The van der Waals surface area contributed by atoms with Gasteiger partial charge < -0.3 is 9.80 Å². The number of carbonyl (C=O) groups is 2. The van der Waals surface area contributed by atoms with Gasteiger partial charge in [0.15, 0.2) is 4.96 Å². The molecule has 3 fully saturated rings. The van der Waals surface area contributed by atoms with Gasteiger partial charge >= 0.3 is 0 Å². The summed E-state index contributed by atoms with van der Waals surface area (Å²) >= 11 is 1.59. The van der Waals surface area contributed by atoms with Gasteiger partial charge in [-0.15, -0.1) is 11.3 Å². The molecule has 3 aliphatic rings. The number of aromatic nitrogens is 2. The first kappa shape index (κ1) is 18.2. The second-order valence-corrected chi connectivity index (χ2v) is 9.55. The Morgan fingerprint density at radius 3 is 3.00 bits per heavy atom. The van der Waals surface area contributed by atoms with Crippen LogP contribution in [0.2, 0.25) is 0 Å². The fourth-order valence-electron chi connectivity index (χ4n) is 5.77. The smallest absolute Gasteiger partial charge is 0.228 e. The maximum Gasteiger partial charge on any atom is 0.228 e. The summed E-state index contributed by atoms with van der Waals surface area (Å²) in [5, 5.41) is 2.00. The second-order valence-electron chi connectivity index (χ2n) is 8.67. The molecule has 0 saturated carbocycles. The Kier molecular flexibility index (Phi) is 4.65. The van der Waals surface area contributed by atoms with E-state index in [4.69, 9.17) is 0 Å². The van der Waals surface area contributed by atoms with Crippen molar-refractivity contribution in [2.45, 2.75) is 64.0 Å². The van der Waals surface area contributed by atoms with E-state index in [9.17, 15) is 9.59 Å². The Morgan fingerprint density at radius 1 is 1.32 bits per heavy atom. The summed E-state index contributed by atoms with van der Waals surface area (Å²) in [6.45, 7) is 3.79. The zero-order valence-electron chi connectivity index (χ0n) is 16.4. The topological polar surface area (TPSA) is 57.9 Å². The number of hydrogen-bond acceptors (Lipinski definition) is 4. The Balaban J connectivity index is 1.34. The maximum absolute atomic E-state index is 13.1. The van der Waals surface area contributed by atoms with Crippen molar-refractivity contribution in [3.05, 3.63) is 23.5 Å². The highest BCUT2D eigenvalue weighted by Gasteiger charge is 2.49. The van der Waals surface area contributed by atoms with Crippen LogP contribution in [-0.4, -0.2) is 56.2 Å². The molecule has 4 atom stereocenters. The van der Waals surface area contributed by atoms with Gasteiger partial charge in [-0.1, -0.05) is 13.3 Å². The van der Waals surface area contributed by atoms with Gasteiger partial charge in [-0.05, 0) is 37.5 Å². The van der Waals surface area contributed by atoms with E-state index in [0.717, 1.165) is 49.4 Å². The van der Waals surface area contributed by atoms with E-state index in [2.05, 4.69) is 21.7 Å². The summed E-state index contributed by atoms with van der Waals surface area (Å²) in [7, 11) is 0. The third-order valence-corrected chi connectivity index (χ3v) is 7.68. The molecule has 28 heavy (non-hydrogen) atoms. The number of imidazole rings is 1. The summed E-state index contributed by atoms with van der Waals surface area (Å²) in [6.07, 6.45) is 10.4. The van der Waals surface area contributed by atoms with E-state index in [0.29, 0.717) is 42.7 Å². The number of thiazole rings is 1. The van der Waals surface area contributed by atoms with Crippen molar-refractivity contribution in [1.29, 1.82) is 0 Å². The highest BCUT2D eigenvalue weighted by molar-refractivity contribution is 7.15. The van der Waals surface area contributed by atoms with Crippen LogP contribution in [-0.2, 0) is 16.0 Å². The zero-order valence-corrected chi connectivity index (χ0v) is 17.2. The normalized spacial score (nSPS) is 30.0. The minimum atomic E-state index is 0.186. The number of likely N-dealkylation sites (tertiary alicyclic amines) is 1. The molecule has 7 heteroatoms. The summed E-state index contributed by atoms with van der Waals surface area (Å²) < 4.78 is 1.99. The second kappa shape index (κ2) is 7.17. The average Bonchev–Trinajstić information content (AvgIpc) is 3.27. The highest BCUT2D eigenvalue weighted by atomic mass is 32.1. The van der Waals surface area contributed by atoms with E-state index in [-0.39, 0.29) is 5.91 Å². The largest absolute Gasteiger partial charge is 0.342 e. The lowest BCUT2D eigenvalue weighted by molar-refractivity contribution is -0.156. The molecule has 2 aromatic heterocycles. The Labute approximate surface area is 169 Å². The van der Waals surface area contributed by atoms with Crippen LogP contribution < -0.4 is 0 Å². The number of piperidine rings is 3. The lowest BCUT2D eigenvalue weighted by atomic mass is 9.71. The van der Waals surface area contributed by atoms with Crippen molar-refractivity contribution in [2.24, 2.45) is 11.8 Å². The summed E-state index contributed by atoms with van der Waals surface area (Å²) in [6, 6.07) is 0.648. The molecule has 0 aliphatic carbocycles. The SMILES string of the molecule is CCC[C@H]1[C@H]2C[C@H](CN(C(=O)Cc3cn4ccsc4n3)C2)[C@@H]2CCCC(=O)N21. The molecule has 0 aromatic carbocycles. The lowest BCUT2D eigenvalue weighted by Crippen LogP contribution is -2.65. The third kappa shape index (κ3) is 3.04. The Morgan fingerprint density at radius 2 is 2.18 bits per heavy atom. The number of hydrogen-bond donors (Lipinski definition) is 0. The minimum Gasteiger partial charge on any atom is -0.342 e. The van der Waals surface area contributed by atoms with Crippen molar-refractivity contribution in [1.82, 2.24) is 19.2 Å². The number of carbonyl (C=O) groups excluding carboxylic acids is 2. The standard InChI is InChI=1S/C21H28N4O2S/c1-2-4-17-14-9-15(18-5-3-6-19(26)25(17)18)12-24(11-14)20(27)10-16-13-23-7-8-28-21(23)22-16/h7-8,13-15,17-18H,2-6,9-12H2,1H3/t14-,15+,17-,18-/m0/s1. The summed E-state index contributed by atoms with van der Waals surface area (Å²) in [5.74, 6) is 1.39. The average molecular weight is 401 g/mol. The molecule has 0 N–H and O–H groups in total. The molecule has 0 radical (unpaired) electrons. The Hall–Kier alpha value is -1.89. The number of fused-ring (bicyclic) bond motifs is 5. The summed E-state index contributed by atoms with van der Waals surface area (Å²) in [4.78, 5) is 35.6. The number of amides is 2. The van der Waals surface area contributed by atoms with Gasteiger partial charge in [0.05, 0.1) is 12.1 Å². The van der Waals surface area contributed by atoms with Crippen molar-refractivity contribution in [3.8, 4) is 0 Å². The molecule has 2 aromatic rings. The van der Waals surface area contributed by atoms with Crippen LogP contribution >= 0.6 is 11.3 Å². The van der Waals surface area contributed by atoms with Crippen LogP contribution in [0.1, 0.15) is 51.1 Å². The van der Waals surface area contributed by atoms with E-state index in [1.54, 1.807) is 11.3 Å². The highest BCUT2D eigenvalue weighted by Crippen LogP contribution is 2.43. The molecule has 5 rings (SSSR count). The predicted molar refractivity (Wildman–Crippen MR) is 108 cm³/mol. The molecular formula is C21H28N4O2S. The van der Waals surface area contributed by atoms with Gasteiger partial charge in [0.1, 0.15) is 0 Å².